The van der Waals surface area contributed by atoms with Gasteiger partial charge in [0.1, 0.15) is 5.75 Å². The van der Waals surface area contributed by atoms with E-state index in [2.05, 4.69) is 15.8 Å². The third-order valence-electron chi connectivity index (χ3n) is 5.91. The SMILES string of the molecule is COc1ccc(C(=O)NCCCC(=O)N/N=C/c2ccc(OC(=O)c3cc(OC)c(OC)c(OC)c3)cc2)cc1OC. The molecule has 0 aliphatic carbocycles. The second kappa shape index (κ2) is 15.5. The number of carbonyl (C=O) groups excluding carboxylic acids is 3. The molecule has 42 heavy (non-hydrogen) atoms. The van der Waals surface area contributed by atoms with Crippen LogP contribution in [0.3, 0.4) is 0 Å². The molecule has 0 aliphatic rings. The minimum atomic E-state index is -0.608. The number of amides is 2. The van der Waals surface area contributed by atoms with Crippen LogP contribution in [0.4, 0.5) is 0 Å². The maximum absolute atomic E-state index is 12.7. The monoisotopic (exact) mass is 579 g/mol. The molecule has 2 N–H and O–H groups in total. The summed E-state index contributed by atoms with van der Waals surface area (Å²) in [5.74, 6) is 1.12. The van der Waals surface area contributed by atoms with E-state index in [0.717, 1.165) is 0 Å². The molecule has 3 rings (SSSR count). The van der Waals surface area contributed by atoms with Crippen molar-refractivity contribution in [1.82, 2.24) is 10.7 Å². The van der Waals surface area contributed by atoms with Crippen LogP contribution in [-0.4, -0.2) is 66.1 Å². The Morgan fingerprint density at radius 1 is 0.738 bits per heavy atom. The zero-order valence-corrected chi connectivity index (χ0v) is 24.0. The van der Waals surface area contributed by atoms with Crippen molar-refractivity contribution in [2.45, 2.75) is 12.8 Å². The molecule has 3 aromatic rings. The molecule has 0 saturated heterocycles. The summed E-state index contributed by atoms with van der Waals surface area (Å²) in [6, 6.07) is 14.4. The first-order chi connectivity index (χ1) is 20.3. The molecule has 222 valence electrons. The standard InChI is InChI=1S/C30H33N3O9/c1-37-23-13-10-20(15-24(23)38-2)29(35)31-14-6-7-27(34)33-32-18-19-8-11-22(12-9-19)42-30(36)21-16-25(39-3)28(41-5)26(17-21)40-4/h8-13,15-18H,6-7,14H2,1-5H3,(H,31,35)(H,33,34)/b32-18+. The topological polar surface area (TPSA) is 143 Å². The molecule has 12 heteroatoms. The summed E-state index contributed by atoms with van der Waals surface area (Å²) in [6.45, 7) is 0.306. The number of rotatable bonds is 14. The molecule has 2 amide bonds. The third kappa shape index (κ3) is 8.37. The minimum Gasteiger partial charge on any atom is -0.493 e. The van der Waals surface area contributed by atoms with Gasteiger partial charge in [0.2, 0.25) is 11.7 Å². The summed E-state index contributed by atoms with van der Waals surface area (Å²) in [4.78, 5) is 37.1. The fourth-order valence-corrected chi connectivity index (χ4v) is 3.75. The van der Waals surface area contributed by atoms with Gasteiger partial charge in [0.05, 0.1) is 47.3 Å². The van der Waals surface area contributed by atoms with Gasteiger partial charge >= 0.3 is 5.97 Å². The van der Waals surface area contributed by atoms with Crippen LogP contribution in [-0.2, 0) is 4.79 Å². The van der Waals surface area contributed by atoms with E-state index in [1.54, 1.807) is 42.5 Å². The first-order valence-corrected chi connectivity index (χ1v) is 12.8. The van der Waals surface area contributed by atoms with Crippen molar-refractivity contribution in [3.8, 4) is 34.5 Å². The summed E-state index contributed by atoms with van der Waals surface area (Å²) in [5.41, 5.74) is 3.76. The Hall–Kier alpha value is -5.26. The molecule has 0 spiro atoms. The molecule has 12 nitrogen and oxygen atoms in total. The Morgan fingerprint density at radius 2 is 1.36 bits per heavy atom. The molecule has 0 saturated carbocycles. The fraction of sp³-hybridized carbons (Fsp3) is 0.267. The normalized spacial score (nSPS) is 10.5. The Morgan fingerprint density at radius 3 is 1.95 bits per heavy atom. The van der Waals surface area contributed by atoms with Crippen molar-refractivity contribution in [3.05, 3.63) is 71.3 Å². The van der Waals surface area contributed by atoms with E-state index >= 15 is 0 Å². The van der Waals surface area contributed by atoms with Gasteiger partial charge in [0.25, 0.3) is 5.91 Å². The molecular weight excluding hydrogens is 546 g/mol. The summed E-state index contributed by atoms with van der Waals surface area (Å²) in [6.07, 6.45) is 2.05. The number of hydrogen-bond donors (Lipinski definition) is 2. The van der Waals surface area contributed by atoms with Gasteiger partial charge in [-0.25, -0.2) is 10.2 Å². The highest BCUT2D eigenvalue weighted by atomic mass is 16.5. The van der Waals surface area contributed by atoms with Crippen molar-refractivity contribution in [3.63, 3.8) is 0 Å². The molecule has 0 radical (unpaired) electrons. The summed E-state index contributed by atoms with van der Waals surface area (Å²) < 4.78 is 31.6. The van der Waals surface area contributed by atoms with Gasteiger partial charge in [0.15, 0.2) is 23.0 Å². The van der Waals surface area contributed by atoms with Crippen LogP contribution in [0, 0.1) is 0 Å². The number of hydrogen-bond acceptors (Lipinski definition) is 10. The van der Waals surface area contributed by atoms with E-state index in [-0.39, 0.29) is 23.8 Å². The first-order valence-electron chi connectivity index (χ1n) is 12.8. The van der Waals surface area contributed by atoms with Crippen LogP contribution in [0.25, 0.3) is 0 Å². The maximum atomic E-state index is 12.7. The highest BCUT2D eigenvalue weighted by molar-refractivity contribution is 5.95. The average Bonchev–Trinajstić information content (AvgIpc) is 3.02. The summed E-state index contributed by atoms with van der Waals surface area (Å²) in [5, 5.41) is 6.71. The molecule has 0 heterocycles. The molecule has 0 aromatic heterocycles. The molecule has 0 unspecified atom stereocenters. The molecule has 3 aromatic carbocycles. The number of carbonyl (C=O) groups is 3. The lowest BCUT2D eigenvalue weighted by Crippen LogP contribution is -2.26. The average molecular weight is 580 g/mol. The number of hydrazone groups is 1. The zero-order valence-electron chi connectivity index (χ0n) is 24.0. The van der Waals surface area contributed by atoms with E-state index in [0.29, 0.717) is 58.6 Å². The molecule has 0 fully saturated rings. The molecule has 0 atom stereocenters. The van der Waals surface area contributed by atoms with Gasteiger partial charge in [0, 0.05) is 18.5 Å². The highest BCUT2D eigenvalue weighted by Crippen LogP contribution is 2.38. The lowest BCUT2D eigenvalue weighted by atomic mass is 10.2. The lowest BCUT2D eigenvalue weighted by molar-refractivity contribution is -0.121. The zero-order chi connectivity index (χ0) is 30.5. The van der Waals surface area contributed by atoms with Gasteiger partial charge in [-0.05, 0) is 66.6 Å². The fourth-order valence-electron chi connectivity index (χ4n) is 3.75. The van der Waals surface area contributed by atoms with E-state index in [9.17, 15) is 14.4 Å². The largest absolute Gasteiger partial charge is 0.493 e. The molecule has 0 bridgehead atoms. The summed E-state index contributed by atoms with van der Waals surface area (Å²) in [7, 11) is 7.40. The van der Waals surface area contributed by atoms with E-state index < -0.39 is 5.97 Å². The van der Waals surface area contributed by atoms with Gasteiger partial charge in [-0.3, -0.25) is 9.59 Å². The number of nitrogens with zero attached hydrogens (tertiary/aromatic N) is 1. The Bertz CT molecular complexity index is 1400. The Labute approximate surface area is 243 Å². The van der Waals surface area contributed by atoms with Crippen LogP contribution in [0.5, 0.6) is 34.5 Å². The number of nitrogens with one attached hydrogen (secondary N) is 2. The molecular formula is C30H33N3O9. The Kier molecular flexibility index (Phi) is 11.5. The highest BCUT2D eigenvalue weighted by Gasteiger charge is 2.18. The quantitative estimate of drug-likeness (QED) is 0.0963. The van der Waals surface area contributed by atoms with Crippen molar-refractivity contribution < 1.29 is 42.8 Å². The number of methoxy groups -OCH3 is 5. The summed E-state index contributed by atoms with van der Waals surface area (Å²) >= 11 is 0. The van der Waals surface area contributed by atoms with Crippen LogP contribution >= 0.6 is 0 Å². The van der Waals surface area contributed by atoms with Gasteiger partial charge in [-0.2, -0.15) is 5.10 Å². The van der Waals surface area contributed by atoms with Crippen LogP contribution in [0.1, 0.15) is 39.1 Å². The Balaban J connectivity index is 1.43. The van der Waals surface area contributed by atoms with E-state index in [4.69, 9.17) is 28.4 Å². The van der Waals surface area contributed by atoms with Crippen molar-refractivity contribution >= 4 is 24.0 Å². The van der Waals surface area contributed by atoms with Crippen LogP contribution < -0.4 is 39.2 Å². The first kappa shape index (κ1) is 31.3. The van der Waals surface area contributed by atoms with E-state index in [1.807, 2.05) is 0 Å². The lowest BCUT2D eigenvalue weighted by Gasteiger charge is -2.13. The van der Waals surface area contributed by atoms with Gasteiger partial charge < -0.3 is 33.7 Å². The maximum Gasteiger partial charge on any atom is 0.343 e. The van der Waals surface area contributed by atoms with Crippen molar-refractivity contribution in [1.29, 1.82) is 0 Å². The second-order valence-corrected chi connectivity index (χ2v) is 8.59. The number of esters is 1. The number of ether oxygens (including phenoxy) is 6. The van der Waals surface area contributed by atoms with Crippen LogP contribution in [0.2, 0.25) is 0 Å². The second-order valence-electron chi connectivity index (χ2n) is 8.59. The smallest absolute Gasteiger partial charge is 0.343 e. The molecule has 0 aliphatic heterocycles. The van der Waals surface area contributed by atoms with Crippen LogP contribution in [0.15, 0.2) is 59.7 Å². The van der Waals surface area contributed by atoms with Gasteiger partial charge in [-0.15, -0.1) is 0 Å². The predicted molar refractivity (Wildman–Crippen MR) is 154 cm³/mol. The number of benzene rings is 3. The minimum absolute atomic E-state index is 0.166. The third-order valence-corrected chi connectivity index (χ3v) is 5.91. The van der Waals surface area contributed by atoms with Crippen molar-refractivity contribution in [2.24, 2.45) is 5.10 Å². The predicted octanol–water partition coefficient (Wildman–Crippen LogP) is 3.61. The van der Waals surface area contributed by atoms with Crippen molar-refractivity contribution in [2.75, 3.05) is 42.1 Å². The van der Waals surface area contributed by atoms with Gasteiger partial charge in [-0.1, -0.05) is 0 Å². The van der Waals surface area contributed by atoms with E-state index in [1.165, 1.54) is 53.9 Å².